The zero-order chi connectivity index (χ0) is 23.4. The molecule has 0 aliphatic carbocycles. The predicted molar refractivity (Wildman–Crippen MR) is 130 cm³/mol. The van der Waals surface area contributed by atoms with Crippen LogP contribution in [-0.2, 0) is 5.75 Å². The van der Waals surface area contributed by atoms with Crippen LogP contribution in [-0.4, -0.2) is 29.5 Å². The largest absolute Gasteiger partial charge is 0.493 e. The second kappa shape index (κ2) is 9.79. The lowest BCUT2D eigenvalue weighted by molar-refractivity contribution is 0.102. The number of aryl methyl sites for hydroxylation is 1. The summed E-state index contributed by atoms with van der Waals surface area (Å²) in [4.78, 5) is 30.8. The highest BCUT2D eigenvalue weighted by Gasteiger charge is 2.13. The molecular formula is C25H23N3O4S. The molecule has 168 valence electrons. The summed E-state index contributed by atoms with van der Waals surface area (Å²) in [6.45, 7) is 1.96. The molecule has 2 aromatic heterocycles. The number of pyridine rings is 1. The first kappa shape index (κ1) is 22.4. The molecule has 1 N–H and O–H groups in total. The average molecular weight is 462 g/mol. The molecule has 0 unspecified atom stereocenters. The zero-order valence-electron chi connectivity index (χ0n) is 18.5. The maximum atomic E-state index is 12.9. The standard InChI is InChI=1S/C25H23N3O4S/c1-16-10-11-28-23(12-16)26-18(14-24(28)29)15-33-22-7-5-4-6-19(22)27-25(30)17-8-9-20(31-2)21(13-17)32-3/h4-14H,15H2,1-3H3,(H,27,30). The molecule has 0 spiro atoms. The molecule has 0 aliphatic heterocycles. The average Bonchev–Trinajstić information content (AvgIpc) is 2.82. The van der Waals surface area contributed by atoms with Gasteiger partial charge in [-0.15, -0.1) is 11.8 Å². The lowest BCUT2D eigenvalue weighted by Crippen LogP contribution is -2.15. The molecule has 2 aromatic carbocycles. The fraction of sp³-hybridized carbons (Fsp3) is 0.160. The van der Waals surface area contributed by atoms with Gasteiger partial charge in [0, 0.05) is 28.5 Å². The van der Waals surface area contributed by atoms with Crippen LogP contribution in [0.4, 0.5) is 5.69 Å². The fourth-order valence-electron chi connectivity index (χ4n) is 3.35. The number of hydrogen-bond acceptors (Lipinski definition) is 6. The van der Waals surface area contributed by atoms with Crippen molar-refractivity contribution in [3.63, 3.8) is 0 Å². The minimum Gasteiger partial charge on any atom is -0.493 e. The molecule has 0 bridgehead atoms. The van der Waals surface area contributed by atoms with Gasteiger partial charge in [-0.1, -0.05) is 12.1 Å². The van der Waals surface area contributed by atoms with Crippen molar-refractivity contribution in [3.05, 3.63) is 94.0 Å². The molecule has 7 nitrogen and oxygen atoms in total. The van der Waals surface area contributed by atoms with Gasteiger partial charge in [-0.05, 0) is 55.0 Å². The normalized spacial score (nSPS) is 10.8. The Labute approximate surface area is 195 Å². The third kappa shape index (κ3) is 5.01. The number of benzene rings is 2. The number of carbonyl (C=O) groups is 1. The van der Waals surface area contributed by atoms with Crippen LogP contribution in [0.2, 0.25) is 0 Å². The molecule has 4 rings (SSSR count). The summed E-state index contributed by atoms with van der Waals surface area (Å²) in [7, 11) is 3.07. The highest BCUT2D eigenvalue weighted by atomic mass is 32.2. The number of aromatic nitrogens is 2. The number of nitrogens with zero attached hydrogens (tertiary/aromatic N) is 2. The molecule has 0 fully saturated rings. The van der Waals surface area contributed by atoms with Crippen molar-refractivity contribution in [1.82, 2.24) is 9.38 Å². The number of hydrogen-bond donors (Lipinski definition) is 1. The van der Waals surface area contributed by atoms with Gasteiger partial charge in [-0.2, -0.15) is 0 Å². The number of thioether (sulfide) groups is 1. The minimum atomic E-state index is -0.262. The number of amides is 1. The summed E-state index contributed by atoms with van der Waals surface area (Å²) in [6, 6.07) is 17.8. The predicted octanol–water partition coefficient (Wildman–Crippen LogP) is 4.56. The lowest BCUT2D eigenvalue weighted by atomic mass is 10.2. The Hall–Kier alpha value is -3.78. The van der Waals surface area contributed by atoms with Crippen LogP contribution in [0, 0.1) is 6.92 Å². The molecule has 1 amide bonds. The monoisotopic (exact) mass is 461 g/mol. The Morgan fingerprint density at radius 1 is 1.03 bits per heavy atom. The van der Waals surface area contributed by atoms with Crippen LogP contribution in [0.25, 0.3) is 5.65 Å². The van der Waals surface area contributed by atoms with Crippen molar-refractivity contribution >= 4 is 29.0 Å². The van der Waals surface area contributed by atoms with Crippen LogP contribution < -0.4 is 20.3 Å². The van der Waals surface area contributed by atoms with Gasteiger partial charge in [0.2, 0.25) is 0 Å². The number of carbonyl (C=O) groups excluding carboxylic acids is 1. The van der Waals surface area contributed by atoms with Gasteiger partial charge < -0.3 is 14.8 Å². The van der Waals surface area contributed by atoms with E-state index in [0.717, 1.165) is 10.5 Å². The van der Waals surface area contributed by atoms with E-state index in [4.69, 9.17) is 9.47 Å². The Morgan fingerprint density at radius 2 is 1.82 bits per heavy atom. The summed E-state index contributed by atoms with van der Waals surface area (Å²) in [5.74, 6) is 1.26. The fourth-order valence-corrected chi connectivity index (χ4v) is 4.25. The first-order chi connectivity index (χ1) is 16.0. The number of anilines is 1. The van der Waals surface area contributed by atoms with Crippen molar-refractivity contribution in [2.75, 3.05) is 19.5 Å². The summed E-state index contributed by atoms with van der Waals surface area (Å²) >= 11 is 1.50. The van der Waals surface area contributed by atoms with Gasteiger partial charge in [-0.3, -0.25) is 14.0 Å². The van der Waals surface area contributed by atoms with Crippen LogP contribution >= 0.6 is 11.8 Å². The van der Waals surface area contributed by atoms with Crippen LogP contribution in [0.15, 0.2) is 76.6 Å². The second-order valence-corrected chi connectivity index (χ2v) is 8.34. The minimum absolute atomic E-state index is 0.120. The van der Waals surface area contributed by atoms with Crippen molar-refractivity contribution in [2.24, 2.45) is 0 Å². The van der Waals surface area contributed by atoms with Crippen LogP contribution in [0.1, 0.15) is 21.6 Å². The molecule has 33 heavy (non-hydrogen) atoms. The van der Waals surface area contributed by atoms with Gasteiger partial charge in [0.15, 0.2) is 11.5 Å². The Kier molecular flexibility index (Phi) is 6.65. The maximum absolute atomic E-state index is 12.9. The summed E-state index contributed by atoms with van der Waals surface area (Å²) in [5.41, 5.74) is 3.34. The van der Waals surface area contributed by atoms with Gasteiger partial charge in [0.05, 0.1) is 25.6 Å². The molecule has 0 saturated carbocycles. The smallest absolute Gasteiger partial charge is 0.258 e. The number of rotatable bonds is 7. The quantitative estimate of drug-likeness (QED) is 0.406. The maximum Gasteiger partial charge on any atom is 0.258 e. The van der Waals surface area contributed by atoms with E-state index in [1.165, 1.54) is 23.3 Å². The highest BCUT2D eigenvalue weighted by Crippen LogP contribution is 2.31. The molecule has 2 heterocycles. The van der Waals surface area contributed by atoms with E-state index in [9.17, 15) is 9.59 Å². The third-order valence-electron chi connectivity index (χ3n) is 5.03. The van der Waals surface area contributed by atoms with Gasteiger partial charge in [0.1, 0.15) is 5.65 Å². The molecule has 0 atom stereocenters. The van der Waals surface area contributed by atoms with Crippen LogP contribution in [0.3, 0.4) is 0 Å². The SMILES string of the molecule is COc1ccc(C(=O)Nc2ccccc2SCc2cc(=O)n3ccc(C)cc3n2)cc1OC. The number of methoxy groups -OCH3 is 2. The Balaban J connectivity index is 1.53. The molecule has 0 aliphatic rings. The number of nitrogens with one attached hydrogen (secondary N) is 1. The molecule has 4 aromatic rings. The second-order valence-electron chi connectivity index (χ2n) is 7.33. The molecular weight excluding hydrogens is 438 g/mol. The van der Waals surface area contributed by atoms with E-state index in [0.29, 0.717) is 39.8 Å². The summed E-state index contributed by atoms with van der Waals surface area (Å²) in [5, 5.41) is 2.96. The first-order valence-electron chi connectivity index (χ1n) is 10.2. The van der Waals surface area contributed by atoms with Gasteiger partial charge in [0.25, 0.3) is 11.5 Å². The van der Waals surface area contributed by atoms with E-state index in [2.05, 4.69) is 10.3 Å². The number of fused-ring (bicyclic) bond motifs is 1. The summed E-state index contributed by atoms with van der Waals surface area (Å²) in [6.07, 6.45) is 1.73. The van der Waals surface area contributed by atoms with Crippen molar-refractivity contribution in [3.8, 4) is 11.5 Å². The van der Waals surface area contributed by atoms with Crippen molar-refractivity contribution in [2.45, 2.75) is 17.6 Å². The van der Waals surface area contributed by atoms with E-state index in [-0.39, 0.29) is 11.5 Å². The third-order valence-corrected chi connectivity index (χ3v) is 6.14. The van der Waals surface area contributed by atoms with Crippen LogP contribution in [0.5, 0.6) is 11.5 Å². The highest BCUT2D eigenvalue weighted by molar-refractivity contribution is 7.98. The van der Waals surface area contributed by atoms with Gasteiger partial charge in [-0.25, -0.2) is 4.98 Å². The van der Waals surface area contributed by atoms with E-state index in [1.807, 2.05) is 43.3 Å². The summed E-state index contributed by atoms with van der Waals surface area (Å²) < 4.78 is 12.1. The molecule has 0 radical (unpaired) electrons. The zero-order valence-corrected chi connectivity index (χ0v) is 19.3. The first-order valence-corrected chi connectivity index (χ1v) is 11.2. The molecule has 8 heteroatoms. The van der Waals surface area contributed by atoms with Crippen molar-refractivity contribution in [1.29, 1.82) is 0 Å². The van der Waals surface area contributed by atoms with E-state index >= 15 is 0 Å². The Bertz CT molecular complexity index is 1380. The Morgan fingerprint density at radius 3 is 2.61 bits per heavy atom. The van der Waals surface area contributed by atoms with E-state index in [1.54, 1.807) is 37.6 Å². The van der Waals surface area contributed by atoms with Crippen molar-refractivity contribution < 1.29 is 14.3 Å². The van der Waals surface area contributed by atoms with E-state index < -0.39 is 0 Å². The topological polar surface area (TPSA) is 81.9 Å². The number of ether oxygens (including phenoxy) is 2. The lowest BCUT2D eigenvalue weighted by Gasteiger charge is -2.12. The van der Waals surface area contributed by atoms with Gasteiger partial charge >= 0.3 is 0 Å². The number of para-hydroxylation sites is 1. The molecule has 0 saturated heterocycles.